The number of carbonyl (C=O) groups excluding carboxylic acids is 4. The van der Waals surface area contributed by atoms with Crippen LogP contribution in [0, 0.1) is 10.8 Å². The van der Waals surface area contributed by atoms with Crippen LogP contribution in [-0.4, -0.2) is 93.1 Å². The van der Waals surface area contributed by atoms with Crippen LogP contribution in [0.3, 0.4) is 0 Å². The van der Waals surface area contributed by atoms with Gasteiger partial charge in [0.1, 0.15) is 0 Å². The first-order valence-corrected chi connectivity index (χ1v) is 12.5. The van der Waals surface area contributed by atoms with Crippen LogP contribution in [0.2, 0.25) is 0 Å². The lowest BCUT2D eigenvalue weighted by atomic mass is 9.72. The van der Waals surface area contributed by atoms with Crippen LogP contribution in [0.15, 0.2) is 0 Å². The number of nitrogens with one attached hydrogen (secondary N) is 2. The SMILES string of the molecule is CC(C)(CO)C(O)(CCC(=O)NCCSCCNC(=O)CCC(O)(C(N)=O)C(C)(C)CO)C(N)=O. The van der Waals surface area contributed by atoms with E-state index in [0.717, 1.165) is 0 Å². The van der Waals surface area contributed by atoms with E-state index in [1.165, 1.54) is 39.5 Å². The number of aliphatic hydroxyl groups is 4. The summed E-state index contributed by atoms with van der Waals surface area (Å²) >= 11 is 1.47. The first kappa shape index (κ1) is 33.1. The molecule has 0 fully saturated rings. The van der Waals surface area contributed by atoms with Gasteiger partial charge in [-0.25, -0.2) is 0 Å². The van der Waals surface area contributed by atoms with Crippen LogP contribution in [0.25, 0.3) is 0 Å². The first-order valence-electron chi connectivity index (χ1n) is 11.4. The Balaban J connectivity index is 4.24. The molecule has 0 aliphatic heterocycles. The van der Waals surface area contributed by atoms with Gasteiger partial charge in [-0.05, 0) is 12.8 Å². The van der Waals surface area contributed by atoms with Crippen LogP contribution in [0.1, 0.15) is 53.4 Å². The normalized spacial score (nSPS) is 15.5. The third kappa shape index (κ3) is 9.22. The summed E-state index contributed by atoms with van der Waals surface area (Å²) in [5.74, 6) is -1.65. The lowest BCUT2D eigenvalue weighted by Crippen LogP contribution is -2.56. The summed E-state index contributed by atoms with van der Waals surface area (Å²) in [6, 6.07) is 0. The molecular weight excluding hydrogens is 480 g/mol. The predicted molar refractivity (Wildman–Crippen MR) is 132 cm³/mol. The first-order chi connectivity index (χ1) is 16.0. The zero-order valence-corrected chi connectivity index (χ0v) is 21.9. The van der Waals surface area contributed by atoms with Gasteiger partial charge >= 0.3 is 0 Å². The average Bonchev–Trinajstić information content (AvgIpc) is 2.79. The van der Waals surface area contributed by atoms with Gasteiger partial charge in [-0.2, -0.15) is 11.8 Å². The Morgan fingerprint density at radius 1 is 0.714 bits per heavy atom. The summed E-state index contributed by atoms with van der Waals surface area (Å²) in [6.45, 7) is 5.65. The molecule has 0 aliphatic rings. The number of thioether (sulfide) groups is 1. The fourth-order valence-electron chi connectivity index (χ4n) is 3.24. The molecule has 10 N–H and O–H groups in total. The minimum atomic E-state index is -2.02. The Kier molecular flexibility index (Phi) is 13.2. The quantitative estimate of drug-likeness (QED) is 0.0928. The average molecular weight is 523 g/mol. The number of rotatable bonds is 18. The molecule has 0 aromatic carbocycles. The third-order valence-corrected chi connectivity index (χ3v) is 7.40. The molecule has 0 radical (unpaired) electrons. The molecule has 0 aliphatic carbocycles. The minimum absolute atomic E-state index is 0.145. The van der Waals surface area contributed by atoms with Crippen molar-refractivity contribution in [2.75, 3.05) is 37.8 Å². The van der Waals surface area contributed by atoms with Gasteiger partial charge in [0.2, 0.25) is 23.6 Å². The van der Waals surface area contributed by atoms with Crippen molar-refractivity contribution in [1.82, 2.24) is 10.6 Å². The Bertz CT molecular complexity index is 689. The molecule has 204 valence electrons. The molecule has 0 heterocycles. The summed E-state index contributed by atoms with van der Waals surface area (Å²) in [7, 11) is 0. The predicted octanol–water partition coefficient (Wildman–Crippen LogP) is -2.02. The lowest BCUT2D eigenvalue weighted by molar-refractivity contribution is -0.157. The number of amides is 4. The maximum Gasteiger partial charge on any atom is 0.250 e. The second-order valence-electron chi connectivity index (χ2n) is 9.85. The molecule has 0 rings (SSSR count). The third-order valence-electron chi connectivity index (χ3n) is 6.41. The second kappa shape index (κ2) is 14.0. The van der Waals surface area contributed by atoms with Crippen molar-refractivity contribution in [3.05, 3.63) is 0 Å². The fraction of sp³-hybridized carbons (Fsp3) is 0.818. The van der Waals surface area contributed by atoms with Crippen molar-refractivity contribution >= 4 is 35.4 Å². The molecule has 0 bridgehead atoms. The number of primary amides is 2. The van der Waals surface area contributed by atoms with Gasteiger partial charge in [0.05, 0.1) is 13.2 Å². The summed E-state index contributed by atoms with van der Waals surface area (Å²) < 4.78 is 0. The van der Waals surface area contributed by atoms with E-state index in [-0.39, 0.29) is 37.5 Å². The van der Waals surface area contributed by atoms with Gasteiger partial charge in [0.25, 0.3) is 0 Å². The van der Waals surface area contributed by atoms with Crippen molar-refractivity contribution < 1.29 is 39.6 Å². The standard InChI is InChI=1S/C22H42N4O8S/c1-19(2,13-27)21(33,17(23)31)7-5-15(29)25-9-11-35-12-10-26-16(30)6-8-22(34,18(24)32)20(3,4)14-28/h27-28,33-34H,5-14H2,1-4H3,(H2,23,31)(H2,24,32)(H,25,29)(H,26,30). The molecule has 0 saturated carbocycles. The van der Waals surface area contributed by atoms with E-state index >= 15 is 0 Å². The van der Waals surface area contributed by atoms with Gasteiger partial charge in [-0.3, -0.25) is 19.2 Å². The van der Waals surface area contributed by atoms with Crippen molar-refractivity contribution in [2.45, 2.75) is 64.6 Å². The van der Waals surface area contributed by atoms with Crippen LogP contribution in [0.4, 0.5) is 0 Å². The van der Waals surface area contributed by atoms with Crippen LogP contribution >= 0.6 is 11.8 Å². The Hall–Kier alpha value is -1.93. The van der Waals surface area contributed by atoms with E-state index in [9.17, 15) is 39.6 Å². The largest absolute Gasteiger partial charge is 0.396 e. The fourth-order valence-corrected chi connectivity index (χ4v) is 3.94. The number of carbonyl (C=O) groups is 4. The molecule has 13 heteroatoms. The number of hydrogen-bond donors (Lipinski definition) is 8. The van der Waals surface area contributed by atoms with Crippen molar-refractivity contribution in [1.29, 1.82) is 0 Å². The second-order valence-corrected chi connectivity index (χ2v) is 11.1. The smallest absolute Gasteiger partial charge is 0.250 e. The van der Waals surface area contributed by atoms with Crippen molar-refractivity contribution in [2.24, 2.45) is 22.3 Å². The number of aliphatic hydroxyl groups excluding tert-OH is 2. The zero-order valence-electron chi connectivity index (χ0n) is 21.1. The highest BCUT2D eigenvalue weighted by molar-refractivity contribution is 7.99. The van der Waals surface area contributed by atoms with Gasteiger partial charge < -0.3 is 42.5 Å². The van der Waals surface area contributed by atoms with E-state index in [0.29, 0.717) is 24.6 Å². The van der Waals surface area contributed by atoms with E-state index in [4.69, 9.17) is 11.5 Å². The Morgan fingerprint density at radius 2 is 1.03 bits per heavy atom. The van der Waals surface area contributed by atoms with Crippen LogP contribution < -0.4 is 22.1 Å². The molecule has 0 spiro atoms. The molecular formula is C22H42N4O8S. The maximum atomic E-state index is 12.0. The highest BCUT2D eigenvalue weighted by Crippen LogP contribution is 2.35. The molecule has 2 unspecified atom stereocenters. The summed E-state index contributed by atoms with van der Waals surface area (Å²) in [4.78, 5) is 47.4. The topological polar surface area (TPSA) is 225 Å². The van der Waals surface area contributed by atoms with Crippen LogP contribution in [-0.2, 0) is 19.2 Å². The van der Waals surface area contributed by atoms with Gasteiger partial charge in [-0.15, -0.1) is 0 Å². The molecule has 0 aromatic heterocycles. The highest BCUT2D eigenvalue weighted by Gasteiger charge is 2.49. The van der Waals surface area contributed by atoms with E-state index in [2.05, 4.69) is 10.6 Å². The molecule has 35 heavy (non-hydrogen) atoms. The molecule has 0 aromatic rings. The van der Waals surface area contributed by atoms with Crippen molar-refractivity contribution in [3.8, 4) is 0 Å². The molecule has 12 nitrogen and oxygen atoms in total. The Labute approximate surface area is 210 Å². The van der Waals surface area contributed by atoms with Gasteiger partial charge in [-0.1, -0.05) is 27.7 Å². The van der Waals surface area contributed by atoms with Gasteiger partial charge in [0.15, 0.2) is 11.2 Å². The van der Waals surface area contributed by atoms with Crippen molar-refractivity contribution in [3.63, 3.8) is 0 Å². The minimum Gasteiger partial charge on any atom is -0.396 e. The lowest BCUT2D eigenvalue weighted by Gasteiger charge is -2.38. The molecule has 2 atom stereocenters. The monoisotopic (exact) mass is 522 g/mol. The van der Waals surface area contributed by atoms with Crippen LogP contribution in [0.5, 0.6) is 0 Å². The number of hydrogen-bond acceptors (Lipinski definition) is 9. The summed E-state index contributed by atoms with van der Waals surface area (Å²) in [6.07, 6.45) is -0.731. The zero-order chi connectivity index (χ0) is 27.5. The molecule has 0 saturated heterocycles. The summed E-state index contributed by atoms with van der Waals surface area (Å²) in [5, 5.41) is 45.2. The highest BCUT2D eigenvalue weighted by atomic mass is 32.2. The Morgan fingerprint density at radius 3 is 1.29 bits per heavy atom. The van der Waals surface area contributed by atoms with E-state index in [1.807, 2.05) is 0 Å². The number of nitrogens with two attached hydrogens (primary N) is 2. The molecule has 4 amide bonds. The van der Waals surface area contributed by atoms with E-state index < -0.39 is 47.1 Å². The summed E-state index contributed by atoms with van der Waals surface area (Å²) in [5.41, 5.74) is 4.11. The van der Waals surface area contributed by atoms with E-state index in [1.54, 1.807) is 0 Å². The maximum absolute atomic E-state index is 12.0. The van der Waals surface area contributed by atoms with Gasteiger partial charge in [0, 0.05) is 48.3 Å².